The van der Waals surface area contributed by atoms with E-state index in [0.717, 1.165) is 6.54 Å². The van der Waals surface area contributed by atoms with Gasteiger partial charge in [0, 0.05) is 24.8 Å². The van der Waals surface area contributed by atoms with Crippen molar-refractivity contribution in [1.29, 1.82) is 0 Å². The van der Waals surface area contributed by atoms with Crippen LogP contribution in [0.2, 0.25) is 0 Å². The van der Waals surface area contributed by atoms with E-state index in [1.807, 2.05) is 0 Å². The van der Waals surface area contributed by atoms with Crippen molar-refractivity contribution < 1.29 is 0 Å². The van der Waals surface area contributed by atoms with Crippen molar-refractivity contribution in [3.8, 4) is 0 Å². The number of nitrogens with zero attached hydrogens (tertiary/aromatic N) is 1. The highest BCUT2D eigenvalue weighted by atomic mass is 15.1. The summed E-state index contributed by atoms with van der Waals surface area (Å²) >= 11 is 0. The summed E-state index contributed by atoms with van der Waals surface area (Å²) in [6.07, 6.45) is 6.35. The van der Waals surface area contributed by atoms with E-state index < -0.39 is 0 Å². The number of benzene rings is 1. The van der Waals surface area contributed by atoms with Crippen LogP contribution < -0.4 is 10.2 Å². The Balaban J connectivity index is 1.92. The van der Waals surface area contributed by atoms with E-state index in [0.29, 0.717) is 6.04 Å². The summed E-state index contributed by atoms with van der Waals surface area (Å²) in [7, 11) is 0. The second kappa shape index (κ2) is 7.54. The van der Waals surface area contributed by atoms with E-state index in [4.69, 9.17) is 0 Å². The Morgan fingerprint density at radius 2 is 2.11 bits per heavy atom. The van der Waals surface area contributed by atoms with Crippen LogP contribution in [-0.2, 0) is 6.42 Å². The van der Waals surface area contributed by atoms with E-state index >= 15 is 0 Å². The van der Waals surface area contributed by atoms with Gasteiger partial charge in [-0.1, -0.05) is 25.1 Å². The Morgan fingerprint density at radius 1 is 1.26 bits per heavy atom. The molecule has 19 heavy (non-hydrogen) atoms. The molecule has 0 aromatic heterocycles. The fraction of sp³-hybridized carbons (Fsp3) is 0.647. The fourth-order valence-electron chi connectivity index (χ4n) is 2.84. The lowest BCUT2D eigenvalue weighted by Gasteiger charge is -2.26. The predicted octanol–water partition coefficient (Wildman–Crippen LogP) is 3.61. The van der Waals surface area contributed by atoms with Crippen molar-refractivity contribution in [1.82, 2.24) is 5.32 Å². The molecule has 0 spiro atoms. The SMILES string of the molecule is CCCNC(C)CCN1CCCCc2ccccc21. The Bertz CT molecular complexity index is 375. The van der Waals surface area contributed by atoms with E-state index in [9.17, 15) is 0 Å². The third kappa shape index (κ3) is 4.24. The molecule has 0 bridgehead atoms. The Hall–Kier alpha value is -1.02. The second-order valence-electron chi connectivity index (χ2n) is 5.72. The summed E-state index contributed by atoms with van der Waals surface area (Å²) in [4.78, 5) is 2.59. The second-order valence-corrected chi connectivity index (χ2v) is 5.72. The molecule has 1 aliphatic rings. The molecule has 2 rings (SSSR count). The minimum Gasteiger partial charge on any atom is -0.371 e. The highest BCUT2D eigenvalue weighted by Crippen LogP contribution is 2.26. The summed E-state index contributed by atoms with van der Waals surface area (Å²) in [5, 5.41) is 3.58. The van der Waals surface area contributed by atoms with Gasteiger partial charge >= 0.3 is 0 Å². The van der Waals surface area contributed by atoms with Gasteiger partial charge < -0.3 is 10.2 Å². The molecule has 0 saturated carbocycles. The average Bonchev–Trinajstić information content (AvgIpc) is 2.65. The first-order chi connectivity index (χ1) is 9.31. The molecule has 0 amide bonds. The van der Waals surface area contributed by atoms with E-state index in [1.165, 1.54) is 56.4 Å². The molecule has 0 fully saturated rings. The summed E-state index contributed by atoms with van der Waals surface area (Å²) < 4.78 is 0. The van der Waals surface area contributed by atoms with Crippen LogP contribution in [0.15, 0.2) is 24.3 Å². The monoisotopic (exact) mass is 260 g/mol. The van der Waals surface area contributed by atoms with Crippen molar-refractivity contribution in [2.75, 3.05) is 24.5 Å². The van der Waals surface area contributed by atoms with Crippen molar-refractivity contribution in [2.24, 2.45) is 0 Å². The van der Waals surface area contributed by atoms with Gasteiger partial charge in [0.1, 0.15) is 0 Å². The highest BCUT2D eigenvalue weighted by Gasteiger charge is 2.15. The van der Waals surface area contributed by atoms with Gasteiger partial charge in [0.25, 0.3) is 0 Å². The number of hydrogen-bond acceptors (Lipinski definition) is 2. The van der Waals surface area contributed by atoms with Crippen molar-refractivity contribution in [2.45, 2.75) is 52.0 Å². The number of rotatable bonds is 6. The molecule has 0 radical (unpaired) electrons. The number of nitrogens with one attached hydrogen (secondary N) is 1. The Kier molecular flexibility index (Phi) is 5.71. The van der Waals surface area contributed by atoms with Crippen molar-refractivity contribution in [3.05, 3.63) is 29.8 Å². The number of anilines is 1. The number of hydrogen-bond donors (Lipinski definition) is 1. The lowest BCUT2D eigenvalue weighted by molar-refractivity contribution is 0.508. The molecule has 1 aromatic carbocycles. The van der Waals surface area contributed by atoms with Gasteiger partial charge in [-0.25, -0.2) is 0 Å². The average molecular weight is 260 g/mol. The standard InChI is InChI=1S/C17H28N2/c1-3-12-18-15(2)11-14-19-13-7-6-9-16-8-4-5-10-17(16)19/h4-5,8,10,15,18H,3,6-7,9,11-14H2,1-2H3. The van der Waals surface area contributed by atoms with Crippen LogP contribution in [0.25, 0.3) is 0 Å². The fourth-order valence-corrected chi connectivity index (χ4v) is 2.84. The van der Waals surface area contributed by atoms with Gasteiger partial charge in [-0.15, -0.1) is 0 Å². The van der Waals surface area contributed by atoms with Crippen LogP contribution in [0.5, 0.6) is 0 Å². The molecule has 2 heteroatoms. The minimum absolute atomic E-state index is 0.621. The van der Waals surface area contributed by atoms with E-state index in [-0.39, 0.29) is 0 Å². The molecule has 1 heterocycles. The van der Waals surface area contributed by atoms with Gasteiger partial charge in [-0.05, 0) is 57.2 Å². The summed E-state index contributed by atoms with van der Waals surface area (Å²) in [5.74, 6) is 0. The van der Waals surface area contributed by atoms with Gasteiger partial charge in [0.2, 0.25) is 0 Å². The van der Waals surface area contributed by atoms with E-state index in [1.54, 1.807) is 0 Å². The molecular weight excluding hydrogens is 232 g/mol. The quantitative estimate of drug-likeness (QED) is 0.840. The molecular formula is C17H28N2. The first-order valence-electron chi connectivity index (χ1n) is 7.87. The highest BCUT2D eigenvalue weighted by molar-refractivity contribution is 5.54. The molecule has 1 N–H and O–H groups in total. The van der Waals surface area contributed by atoms with Crippen LogP contribution in [0, 0.1) is 0 Å². The predicted molar refractivity (Wildman–Crippen MR) is 84.0 cm³/mol. The third-order valence-electron chi connectivity index (χ3n) is 4.03. The molecule has 2 nitrogen and oxygen atoms in total. The molecule has 1 aliphatic heterocycles. The molecule has 1 aromatic rings. The molecule has 1 atom stereocenters. The largest absolute Gasteiger partial charge is 0.371 e. The zero-order chi connectivity index (χ0) is 13.5. The van der Waals surface area contributed by atoms with Crippen LogP contribution in [0.1, 0.15) is 45.1 Å². The summed E-state index contributed by atoms with van der Waals surface area (Å²) in [6, 6.07) is 9.57. The van der Waals surface area contributed by atoms with Gasteiger partial charge in [0.15, 0.2) is 0 Å². The van der Waals surface area contributed by atoms with Gasteiger partial charge in [0.05, 0.1) is 0 Å². The van der Waals surface area contributed by atoms with Crippen LogP contribution >= 0.6 is 0 Å². The third-order valence-corrected chi connectivity index (χ3v) is 4.03. The molecule has 106 valence electrons. The first-order valence-corrected chi connectivity index (χ1v) is 7.87. The lowest BCUT2D eigenvalue weighted by atomic mass is 10.1. The number of para-hydroxylation sites is 1. The number of fused-ring (bicyclic) bond motifs is 1. The van der Waals surface area contributed by atoms with Gasteiger partial charge in [-0.3, -0.25) is 0 Å². The maximum absolute atomic E-state index is 3.58. The Morgan fingerprint density at radius 3 is 2.95 bits per heavy atom. The zero-order valence-corrected chi connectivity index (χ0v) is 12.5. The summed E-state index contributed by atoms with van der Waals surface area (Å²) in [6.45, 7) is 8.06. The topological polar surface area (TPSA) is 15.3 Å². The number of aryl methyl sites for hydroxylation is 1. The maximum Gasteiger partial charge on any atom is 0.0398 e. The van der Waals surface area contributed by atoms with Gasteiger partial charge in [-0.2, -0.15) is 0 Å². The molecule has 1 unspecified atom stereocenters. The van der Waals surface area contributed by atoms with E-state index in [2.05, 4.69) is 48.3 Å². The Labute approximate surface area is 118 Å². The van der Waals surface area contributed by atoms with Crippen LogP contribution in [-0.4, -0.2) is 25.7 Å². The van der Waals surface area contributed by atoms with Crippen molar-refractivity contribution in [3.63, 3.8) is 0 Å². The van der Waals surface area contributed by atoms with Crippen LogP contribution in [0.4, 0.5) is 5.69 Å². The first kappa shape index (κ1) is 14.4. The lowest BCUT2D eigenvalue weighted by Crippen LogP contribution is -2.33. The maximum atomic E-state index is 3.58. The smallest absolute Gasteiger partial charge is 0.0398 e. The van der Waals surface area contributed by atoms with Crippen molar-refractivity contribution >= 4 is 5.69 Å². The molecule has 0 aliphatic carbocycles. The van der Waals surface area contributed by atoms with Crippen LogP contribution in [0.3, 0.4) is 0 Å². The minimum atomic E-state index is 0.621. The normalized spacial score (nSPS) is 16.8. The molecule has 0 saturated heterocycles. The zero-order valence-electron chi connectivity index (χ0n) is 12.5. The summed E-state index contributed by atoms with van der Waals surface area (Å²) in [5.41, 5.74) is 3.01.